The van der Waals surface area contributed by atoms with Crippen LogP contribution in [0.15, 0.2) is 30.3 Å². The first-order valence-corrected chi connectivity index (χ1v) is 7.44. The van der Waals surface area contributed by atoms with E-state index in [2.05, 4.69) is 47.2 Å². The molecule has 1 atom stereocenters. The number of likely N-dealkylation sites (N-methyl/N-ethyl adjacent to an activating group) is 1. The van der Waals surface area contributed by atoms with Gasteiger partial charge in [0.05, 0.1) is 0 Å². The van der Waals surface area contributed by atoms with Crippen LogP contribution in [0.25, 0.3) is 0 Å². The third-order valence-electron chi connectivity index (χ3n) is 3.95. The summed E-state index contributed by atoms with van der Waals surface area (Å²) >= 11 is 0. The average Bonchev–Trinajstić information content (AvgIpc) is 2.63. The van der Waals surface area contributed by atoms with Gasteiger partial charge in [0, 0.05) is 25.7 Å². The fourth-order valence-corrected chi connectivity index (χ4v) is 2.70. The Morgan fingerprint density at radius 3 is 2.68 bits per heavy atom. The van der Waals surface area contributed by atoms with Gasteiger partial charge >= 0.3 is 0 Å². The van der Waals surface area contributed by atoms with Crippen molar-refractivity contribution < 1.29 is 0 Å². The quantitative estimate of drug-likeness (QED) is 0.873. The van der Waals surface area contributed by atoms with Gasteiger partial charge in [-0.3, -0.25) is 0 Å². The Balaban J connectivity index is 1.70. The van der Waals surface area contributed by atoms with Crippen LogP contribution in [0.2, 0.25) is 0 Å². The van der Waals surface area contributed by atoms with Gasteiger partial charge in [0.1, 0.15) is 0 Å². The van der Waals surface area contributed by atoms with E-state index in [-0.39, 0.29) is 0 Å². The zero-order valence-electron chi connectivity index (χ0n) is 12.1. The molecular weight excluding hydrogens is 234 g/mol. The molecule has 0 saturated carbocycles. The van der Waals surface area contributed by atoms with Crippen molar-refractivity contribution in [3.63, 3.8) is 0 Å². The zero-order valence-corrected chi connectivity index (χ0v) is 12.1. The summed E-state index contributed by atoms with van der Waals surface area (Å²) in [5, 5.41) is 0. The number of benzene rings is 1. The highest BCUT2D eigenvalue weighted by molar-refractivity contribution is 5.14. The molecule has 1 unspecified atom stereocenters. The molecule has 0 bridgehead atoms. The summed E-state index contributed by atoms with van der Waals surface area (Å²) in [7, 11) is 2.21. The Bertz CT molecular complexity index is 352. The lowest BCUT2D eigenvalue weighted by Gasteiger charge is -2.24. The average molecular weight is 261 g/mol. The highest BCUT2D eigenvalue weighted by Gasteiger charge is 2.14. The SMILES string of the molecule is CN1CCCN(CC(N)CCc2ccccc2)CC1. The molecule has 2 N–H and O–H groups in total. The summed E-state index contributed by atoms with van der Waals surface area (Å²) in [6.07, 6.45) is 3.44. The third-order valence-corrected chi connectivity index (χ3v) is 3.95. The molecule has 0 spiro atoms. The Hall–Kier alpha value is -0.900. The smallest absolute Gasteiger partial charge is 0.0171 e. The minimum atomic E-state index is 0.295. The van der Waals surface area contributed by atoms with Crippen LogP contribution in [0.5, 0.6) is 0 Å². The maximum absolute atomic E-state index is 6.28. The van der Waals surface area contributed by atoms with E-state index in [0.29, 0.717) is 6.04 Å². The van der Waals surface area contributed by atoms with Crippen molar-refractivity contribution in [1.29, 1.82) is 0 Å². The first-order chi connectivity index (χ1) is 9.24. The van der Waals surface area contributed by atoms with Crippen molar-refractivity contribution in [2.75, 3.05) is 39.8 Å². The first kappa shape index (κ1) is 14.5. The Labute approximate surface area is 117 Å². The van der Waals surface area contributed by atoms with Crippen LogP contribution in [-0.2, 0) is 6.42 Å². The second-order valence-electron chi connectivity index (χ2n) is 5.74. The molecule has 1 heterocycles. The second kappa shape index (κ2) is 7.63. The predicted octanol–water partition coefficient (Wildman–Crippen LogP) is 1.58. The monoisotopic (exact) mass is 261 g/mol. The highest BCUT2D eigenvalue weighted by Crippen LogP contribution is 2.07. The summed E-state index contributed by atoms with van der Waals surface area (Å²) in [5.41, 5.74) is 7.68. The second-order valence-corrected chi connectivity index (χ2v) is 5.74. The number of hydrogen-bond donors (Lipinski definition) is 1. The molecule has 0 aromatic heterocycles. The molecule has 1 saturated heterocycles. The number of aryl methyl sites for hydroxylation is 1. The van der Waals surface area contributed by atoms with Crippen LogP contribution in [-0.4, -0.2) is 55.6 Å². The summed E-state index contributed by atoms with van der Waals surface area (Å²) in [5.74, 6) is 0. The molecule has 0 aliphatic carbocycles. The molecule has 1 aliphatic heterocycles. The normalized spacial score (nSPS) is 20.1. The Morgan fingerprint density at radius 1 is 1.11 bits per heavy atom. The maximum Gasteiger partial charge on any atom is 0.0171 e. The maximum atomic E-state index is 6.28. The predicted molar refractivity (Wildman–Crippen MR) is 81.3 cm³/mol. The van der Waals surface area contributed by atoms with E-state index >= 15 is 0 Å². The third kappa shape index (κ3) is 5.31. The van der Waals surface area contributed by atoms with E-state index < -0.39 is 0 Å². The van der Waals surface area contributed by atoms with Gasteiger partial charge in [-0.25, -0.2) is 0 Å². The number of rotatable bonds is 5. The zero-order chi connectivity index (χ0) is 13.5. The van der Waals surface area contributed by atoms with Crippen LogP contribution >= 0.6 is 0 Å². The summed E-state index contributed by atoms with van der Waals surface area (Å²) in [6.45, 7) is 5.79. The molecule has 2 rings (SSSR count). The van der Waals surface area contributed by atoms with Gasteiger partial charge in [-0.15, -0.1) is 0 Å². The lowest BCUT2D eigenvalue weighted by Crippen LogP contribution is -2.39. The van der Waals surface area contributed by atoms with Crippen LogP contribution in [0.1, 0.15) is 18.4 Å². The Morgan fingerprint density at radius 2 is 1.89 bits per heavy atom. The van der Waals surface area contributed by atoms with Crippen molar-refractivity contribution in [3.05, 3.63) is 35.9 Å². The number of nitrogens with zero attached hydrogens (tertiary/aromatic N) is 2. The molecular formula is C16H27N3. The number of hydrogen-bond acceptors (Lipinski definition) is 3. The van der Waals surface area contributed by atoms with Crippen LogP contribution in [0, 0.1) is 0 Å². The van der Waals surface area contributed by atoms with E-state index in [1.54, 1.807) is 0 Å². The van der Waals surface area contributed by atoms with E-state index in [1.807, 2.05) is 0 Å². The van der Waals surface area contributed by atoms with Gasteiger partial charge in [-0.2, -0.15) is 0 Å². The lowest BCUT2D eigenvalue weighted by atomic mass is 10.1. The molecule has 3 heteroatoms. The van der Waals surface area contributed by atoms with Crippen LogP contribution < -0.4 is 5.73 Å². The van der Waals surface area contributed by atoms with Crippen molar-refractivity contribution in [3.8, 4) is 0 Å². The van der Waals surface area contributed by atoms with Gasteiger partial charge in [0.2, 0.25) is 0 Å². The Kier molecular flexibility index (Phi) is 5.83. The van der Waals surface area contributed by atoms with E-state index in [9.17, 15) is 0 Å². The van der Waals surface area contributed by atoms with Gasteiger partial charge in [-0.05, 0) is 45.0 Å². The summed E-state index contributed by atoms with van der Waals surface area (Å²) < 4.78 is 0. The van der Waals surface area contributed by atoms with Gasteiger partial charge < -0.3 is 15.5 Å². The molecule has 0 radical (unpaired) electrons. The molecule has 3 nitrogen and oxygen atoms in total. The van der Waals surface area contributed by atoms with Crippen molar-refractivity contribution in [1.82, 2.24) is 9.80 Å². The van der Waals surface area contributed by atoms with Gasteiger partial charge in [0.15, 0.2) is 0 Å². The fraction of sp³-hybridized carbons (Fsp3) is 0.625. The molecule has 1 aliphatic rings. The largest absolute Gasteiger partial charge is 0.327 e. The standard InChI is InChI=1S/C16H27N3/c1-18-10-5-11-19(13-12-18)14-16(17)9-8-15-6-3-2-4-7-15/h2-4,6-7,16H,5,8-14,17H2,1H3. The minimum absolute atomic E-state index is 0.295. The molecule has 19 heavy (non-hydrogen) atoms. The molecule has 1 fully saturated rings. The van der Waals surface area contributed by atoms with E-state index in [4.69, 9.17) is 5.73 Å². The van der Waals surface area contributed by atoms with E-state index in [1.165, 1.54) is 31.6 Å². The minimum Gasteiger partial charge on any atom is -0.327 e. The van der Waals surface area contributed by atoms with Gasteiger partial charge in [0.25, 0.3) is 0 Å². The molecule has 1 aromatic rings. The van der Waals surface area contributed by atoms with Crippen molar-refractivity contribution >= 4 is 0 Å². The fourth-order valence-electron chi connectivity index (χ4n) is 2.70. The first-order valence-electron chi connectivity index (χ1n) is 7.44. The van der Waals surface area contributed by atoms with E-state index in [0.717, 1.165) is 25.9 Å². The highest BCUT2D eigenvalue weighted by atomic mass is 15.2. The van der Waals surface area contributed by atoms with Crippen LogP contribution in [0.3, 0.4) is 0 Å². The molecule has 106 valence electrons. The lowest BCUT2D eigenvalue weighted by molar-refractivity contribution is 0.257. The van der Waals surface area contributed by atoms with Crippen molar-refractivity contribution in [2.45, 2.75) is 25.3 Å². The van der Waals surface area contributed by atoms with Gasteiger partial charge in [-0.1, -0.05) is 30.3 Å². The van der Waals surface area contributed by atoms with Crippen LogP contribution in [0.4, 0.5) is 0 Å². The summed E-state index contributed by atoms with van der Waals surface area (Å²) in [4.78, 5) is 4.94. The summed E-state index contributed by atoms with van der Waals surface area (Å²) in [6, 6.07) is 10.9. The molecule has 1 aromatic carbocycles. The topological polar surface area (TPSA) is 32.5 Å². The number of nitrogens with two attached hydrogens (primary N) is 1. The van der Waals surface area contributed by atoms with Crippen molar-refractivity contribution in [2.24, 2.45) is 5.73 Å². The molecule has 0 amide bonds.